The molecule has 0 fully saturated rings. The highest BCUT2D eigenvalue weighted by atomic mass is 16.5. The second kappa shape index (κ2) is 7.89. The van der Waals surface area contributed by atoms with Gasteiger partial charge in [-0.05, 0) is 12.5 Å². The molecule has 3 heteroatoms. The van der Waals surface area contributed by atoms with Crippen LogP contribution in [-0.2, 0) is 4.74 Å². The highest BCUT2D eigenvalue weighted by Gasteiger charge is 1.96. The molecule has 3 nitrogen and oxygen atoms in total. The van der Waals surface area contributed by atoms with Crippen LogP contribution in [-0.4, -0.2) is 19.2 Å². The summed E-state index contributed by atoms with van der Waals surface area (Å²) in [5.41, 5.74) is 2.55. The Labute approximate surface area is 73.1 Å². The minimum absolute atomic E-state index is 0.380. The van der Waals surface area contributed by atoms with E-state index in [0.717, 1.165) is 12.8 Å². The average Bonchev–Trinajstić information content (AvgIpc) is 2.06. The second-order valence-corrected chi connectivity index (χ2v) is 2.28. The molecule has 0 unspecified atom stereocenters. The van der Waals surface area contributed by atoms with Gasteiger partial charge in [-0.25, -0.2) is 4.79 Å². The van der Waals surface area contributed by atoms with Crippen molar-refractivity contribution in [2.24, 2.45) is 0 Å². The van der Waals surface area contributed by atoms with E-state index in [-0.39, 0.29) is 6.09 Å². The highest BCUT2D eigenvalue weighted by molar-refractivity contribution is 5.67. The van der Waals surface area contributed by atoms with Crippen molar-refractivity contribution in [3.8, 4) is 0 Å². The fraction of sp³-hybridized carbons (Fsp3) is 0.556. The molecule has 0 bridgehead atoms. The summed E-state index contributed by atoms with van der Waals surface area (Å²) in [5, 5.41) is 2.52. The van der Waals surface area contributed by atoms with Crippen molar-refractivity contribution in [3.63, 3.8) is 0 Å². The van der Waals surface area contributed by atoms with Crippen LogP contribution in [0.15, 0.2) is 18.4 Å². The molecule has 0 saturated heterocycles. The Balaban J connectivity index is 3.27. The van der Waals surface area contributed by atoms with Gasteiger partial charge in [-0.15, -0.1) is 5.73 Å². The van der Waals surface area contributed by atoms with Crippen LogP contribution in [0.3, 0.4) is 0 Å². The lowest BCUT2D eigenvalue weighted by Gasteiger charge is -2.02. The van der Waals surface area contributed by atoms with Crippen molar-refractivity contribution in [1.82, 2.24) is 5.32 Å². The molecule has 0 atom stereocenters. The molecule has 0 aliphatic heterocycles. The molecule has 0 rings (SSSR count). The average molecular weight is 169 g/mol. The normalized spacial score (nSPS) is 8.42. The van der Waals surface area contributed by atoms with Gasteiger partial charge in [0.15, 0.2) is 0 Å². The summed E-state index contributed by atoms with van der Waals surface area (Å²) in [5.74, 6) is 0. The summed E-state index contributed by atoms with van der Waals surface area (Å²) in [7, 11) is 0. The number of carbonyl (C=O) groups is 1. The number of rotatable bonds is 5. The fourth-order valence-electron chi connectivity index (χ4n) is 0.567. The number of carbonyl (C=O) groups excluding carboxylic acids is 1. The zero-order valence-electron chi connectivity index (χ0n) is 7.43. The van der Waals surface area contributed by atoms with Gasteiger partial charge < -0.3 is 10.1 Å². The van der Waals surface area contributed by atoms with Crippen molar-refractivity contribution in [2.75, 3.05) is 13.2 Å². The molecular weight excluding hydrogens is 154 g/mol. The smallest absolute Gasteiger partial charge is 0.407 e. The van der Waals surface area contributed by atoms with Crippen LogP contribution in [0.5, 0.6) is 0 Å². The monoisotopic (exact) mass is 169 g/mol. The van der Waals surface area contributed by atoms with Crippen LogP contribution in [0.1, 0.15) is 19.8 Å². The van der Waals surface area contributed by atoms with Crippen molar-refractivity contribution in [1.29, 1.82) is 0 Å². The Hall–Kier alpha value is -1.21. The number of amides is 1. The van der Waals surface area contributed by atoms with Gasteiger partial charge in [0.05, 0.1) is 6.61 Å². The maximum absolute atomic E-state index is 10.8. The van der Waals surface area contributed by atoms with E-state index in [9.17, 15) is 4.79 Å². The minimum Gasteiger partial charge on any atom is -0.450 e. The van der Waals surface area contributed by atoms with E-state index in [1.54, 1.807) is 6.08 Å². The number of hydrogen-bond acceptors (Lipinski definition) is 2. The van der Waals surface area contributed by atoms with E-state index in [2.05, 4.69) is 17.6 Å². The summed E-state index contributed by atoms with van der Waals surface area (Å²) < 4.78 is 4.81. The summed E-state index contributed by atoms with van der Waals surface area (Å²) in [6.45, 7) is 6.31. The molecule has 1 N–H and O–H groups in total. The quantitative estimate of drug-likeness (QED) is 0.504. The summed E-state index contributed by atoms with van der Waals surface area (Å²) in [4.78, 5) is 10.8. The van der Waals surface area contributed by atoms with E-state index in [4.69, 9.17) is 4.74 Å². The van der Waals surface area contributed by atoms with Gasteiger partial charge in [0.2, 0.25) is 0 Å². The zero-order valence-corrected chi connectivity index (χ0v) is 7.43. The number of alkyl carbamates (subject to hydrolysis) is 1. The van der Waals surface area contributed by atoms with Crippen molar-refractivity contribution >= 4 is 6.09 Å². The lowest BCUT2D eigenvalue weighted by atomic mass is 10.4. The third-order valence-corrected chi connectivity index (χ3v) is 1.22. The fourth-order valence-corrected chi connectivity index (χ4v) is 0.567. The zero-order chi connectivity index (χ0) is 9.23. The largest absolute Gasteiger partial charge is 0.450 e. The van der Waals surface area contributed by atoms with E-state index in [1.807, 2.05) is 6.92 Å². The summed E-state index contributed by atoms with van der Waals surface area (Å²) in [6, 6.07) is 0. The van der Waals surface area contributed by atoms with E-state index in [0.29, 0.717) is 13.2 Å². The number of unbranched alkanes of at least 4 members (excludes halogenated alkanes) is 1. The van der Waals surface area contributed by atoms with Crippen LogP contribution in [0, 0.1) is 0 Å². The molecule has 0 aromatic carbocycles. The Morgan fingerprint density at radius 2 is 2.50 bits per heavy atom. The first kappa shape index (κ1) is 10.8. The first-order chi connectivity index (χ1) is 5.81. The third-order valence-electron chi connectivity index (χ3n) is 1.22. The maximum atomic E-state index is 10.8. The Morgan fingerprint density at radius 1 is 1.75 bits per heavy atom. The molecule has 0 aliphatic carbocycles. The molecule has 0 aromatic rings. The van der Waals surface area contributed by atoms with Crippen LogP contribution >= 0.6 is 0 Å². The molecule has 0 spiro atoms. The maximum Gasteiger partial charge on any atom is 0.407 e. The molecule has 12 heavy (non-hydrogen) atoms. The van der Waals surface area contributed by atoms with Gasteiger partial charge in [0, 0.05) is 6.54 Å². The standard InChI is InChI=1S/C9H15NO2/c1-3-5-7-10-9(11)12-8-6-4-2/h5H,1,4,6-8H2,2H3,(H,10,11). The van der Waals surface area contributed by atoms with Crippen molar-refractivity contribution < 1.29 is 9.53 Å². The van der Waals surface area contributed by atoms with Gasteiger partial charge in [-0.3, -0.25) is 0 Å². The summed E-state index contributed by atoms with van der Waals surface area (Å²) >= 11 is 0. The molecule has 0 radical (unpaired) electrons. The van der Waals surface area contributed by atoms with Crippen LogP contribution < -0.4 is 5.32 Å². The van der Waals surface area contributed by atoms with Gasteiger partial charge in [0.25, 0.3) is 0 Å². The van der Waals surface area contributed by atoms with Crippen LogP contribution in [0.2, 0.25) is 0 Å². The Morgan fingerprint density at radius 3 is 3.08 bits per heavy atom. The van der Waals surface area contributed by atoms with E-state index >= 15 is 0 Å². The van der Waals surface area contributed by atoms with Crippen LogP contribution in [0.25, 0.3) is 0 Å². The molecule has 0 saturated carbocycles. The first-order valence-corrected chi connectivity index (χ1v) is 4.06. The molecule has 68 valence electrons. The van der Waals surface area contributed by atoms with Crippen molar-refractivity contribution in [2.45, 2.75) is 19.8 Å². The van der Waals surface area contributed by atoms with Gasteiger partial charge >= 0.3 is 6.09 Å². The van der Waals surface area contributed by atoms with Crippen molar-refractivity contribution in [3.05, 3.63) is 18.4 Å². The number of ether oxygens (including phenoxy) is 1. The molecule has 0 aromatic heterocycles. The molecule has 0 heterocycles. The lowest BCUT2D eigenvalue weighted by molar-refractivity contribution is 0.145. The third kappa shape index (κ3) is 6.90. The molecular formula is C9H15NO2. The summed E-state index contributed by atoms with van der Waals surface area (Å²) in [6.07, 6.45) is 3.18. The minimum atomic E-state index is -0.380. The second-order valence-electron chi connectivity index (χ2n) is 2.28. The first-order valence-electron chi connectivity index (χ1n) is 4.06. The topological polar surface area (TPSA) is 38.3 Å². The number of hydrogen-bond donors (Lipinski definition) is 1. The predicted molar refractivity (Wildman–Crippen MR) is 48.0 cm³/mol. The highest BCUT2D eigenvalue weighted by Crippen LogP contribution is 1.87. The molecule has 1 amide bonds. The van der Waals surface area contributed by atoms with Crippen LogP contribution in [0.4, 0.5) is 4.79 Å². The van der Waals surface area contributed by atoms with E-state index in [1.165, 1.54) is 0 Å². The van der Waals surface area contributed by atoms with Gasteiger partial charge in [-0.1, -0.05) is 19.9 Å². The Kier molecular flexibility index (Phi) is 7.10. The predicted octanol–water partition coefficient (Wildman–Crippen LogP) is 1.85. The van der Waals surface area contributed by atoms with Gasteiger partial charge in [-0.2, -0.15) is 0 Å². The number of nitrogens with one attached hydrogen (secondary N) is 1. The van der Waals surface area contributed by atoms with Gasteiger partial charge in [0.1, 0.15) is 0 Å². The Bertz CT molecular complexity index is 171. The lowest BCUT2D eigenvalue weighted by Crippen LogP contribution is -2.24. The SMILES string of the molecule is C=C=CCNC(=O)OCCCC. The molecule has 0 aliphatic rings. The van der Waals surface area contributed by atoms with E-state index < -0.39 is 0 Å².